The molecular weight excluding hydrogens is 372 g/mol. The first-order valence-corrected chi connectivity index (χ1v) is 12.3. The van der Waals surface area contributed by atoms with E-state index in [1.807, 2.05) is 0 Å². The molecule has 0 saturated heterocycles. The average molecular weight is 417 g/mol. The topological polar surface area (TPSA) is 60.7 Å². The van der Waals surface area contributed by atoms with E-state index < -0.39 is 12.2 Å². The van der Waals surface area contributed by atoms with Gasteiger partial charge in [0.15, 0.2) is 0 Å². The Morgan fingerprint density at radius 3 is 2.57 bits per heavy atom. The van der Waals surface area contributed by atoms with Crippen molar-refractivity contribution in [3.63, 3.8) is 0 Å². The molecule has 3 fully saturated rings. The van der Waals surface area contributed by atoms with Crippen molar-refractivity contribution in [3.05, 3.63) is 35.5 Å². The van der Waals surface area contributed by atoms with E-state index in [4.69, 9.17) is 0 Å². The first-order valence-electron chi connectivity index (χ1n) is 12.3. The third-order valence-electron chi connectivity index (χ3n) is 8.68. The van der Waals surface area contributed by atoms with Gasteiger partial charge in [0.2, 0.25) is 0 Å². The molecule has 3 aliphatic rings. The van der Waals surface area contributed by atoms with E-state index >= 15 is 0 Å². The maximum Gasteiger partial charge on any atom is 0.0811 e. The van der Waals surface area contributed by atoms with E-state index in [0.29, 0.717) is 36.0 Å². The Hall–Kier alpha value is -0.900. The van der Waals surface area contributed by atoms with Crippen LogP contribution in [0.25, 0.3) is 0 Å². The van der Waals surface area contributed by atoms with Gasteiger partial charge in [-0.1, -0.05) is 52.0 Å². The zero-order valence-electron chi connectivity index (χ0n) is 19.6. The van der Waals surface area contributed by atoms with Crippen molar-refractivity contribution in [2.45, 2.75) is 104 Å². The summed E-state index contributed by atoms with van der Waals surface area (Å²) in [4.78, 5) is 0. The maximum absolute atomic E-state index is 10.3. The normalized spacial score (nSPS) is 39.5. The van der Waals surface area contributed by atoms with Crippen LogP contribution in [0.4, 0.5) is 0 Å². The Bertz CT molecular complexity index is 676. The lowest BCUT2D eigenvalue weighted by molar-refractivity contribution is 0.0717. The fraction of sp³-hybridized carbons (Fsp3) is 0.778. The predicted molar refractivity (Wildman–Crippen MR) is 124 cm³/mol. The van der Waals surface area contributed by atoms with Gasteiger partial charge in [-0.3, -0.25) is 0 Å². The van der Waals surface area contributed by atoms with Crippen LogP contribution in [0, 0.1) is 29.1 Å². The van der Waals surface area contributed by atoms with Crippen molar-refractivity contribution < 1.29 is 15.3 Å². The molecule has 0 heterocycles. The second-order valence-corrected chi connectivity index (χ2v) is 11.0. The molecule has 3 saturated carbocycles. The zero-order valence-corrected chi connectivity index (χ0v) is 19.6. The summed E-state index contributed by atoms with van der Waals surface area (Å²) in [6.45, 7) is 13.2. The number of fused-ring (bicyclic) bond motifs is 1. The molecule has 7 atom stereocenters. The lowest BCUT2D eigenvalue weighted by Crippen LogP contribution is -2.36. The molecule has 0 aromatic carbocycles. The molecular formula is C27H44O3. The number of allylic oxidation sites excluding steroid dienone is 3. The minimum atomic E-state index is -0.618. The molecule has 0 radical (unpaired) electrons. The Balaban J connectivity index is 1.72. The summed E-state index contributed by atoms with van der Waals surface area (Å²) in [7, 11) is 0. The molecule has 0 amide bonds. The lowest BCUT2D eigenvalue weighted by Gasteiger charge is -2.44. The quantitative estimate of drug-likeness (QED) is 0.531. The Kier molecular flexibility index (Phi) is 7.69. The first kappa shape index (κ1) is 23.8. The number of aliphatic hydroxyl groups excluding tert-OH is 3. The van der Waals surface area contributed by atoms with Crippen LogP contribution in [0.1, 0.15) is 85.5 Å². The Morgan fingerprint density at radius 2 is 1.87 bits per heavy atom. The number of rotatable bonds is 6. The fourth-order valence-corrected chi connectivity index (χ4v) is 6.65. The van der Waals surface area contributed by atoms with Crippen LogP contribution in [0.3, 0.4) is 0 Å². The van der Waals surface area contributed by atoms with E-state index in [2.05, 4.69) is 46.4 Å². The molecule has 0 bridgehead atoms. The number of hydrogen-bond acceptors (Lipinski definition) is 3. The van der Waals surface area contributed by atoms with Crippen molar-refractivity contribution in [2.75, 3.05) is 0 Å². The molecule has 3 heteroatoms. The first-order chi connectivity index (χ1) is 14.1. The van der Waals surface area contributed by atoms with Gasteiger partial charge in [0.25, 0.3) is 0 Å². The highest BCUT2D eigenvalue weighted by atomic mass is 16.3. The van der Waals surface area contributed by atoms with Gasteiger partial charge in [-0.25, -0.2) is 0 Å². The lowest BCUT2D eigenvalue weighted by atomic mass is 9.60. The van der Waals surface area contributed by atoms with Gasteiger partial charge in [-0.2, -0.15) is 0 Å². The van der Waals surface area contributed by atoms with Gasteiger partial charge >= 0.3 is 0 Å². The van der Waals surface area contributed by atoms with Gasteiger partial charge in [-0.15, -0.1) is 0 Å². The van der Waals surface area contributed by atoms with Crippen molar-refractivity contribution >= 4 is 0 Å². The molecule has 170 valence electrons. The largest absolute Gasteiger partial charge is 0.393 e. The summed E-state index contributed by atoms with van der Waals surface area (Å²) >= 11 is 0. The molecule has 3 aliphatic carbocycles. The zero-order chi connectivity index (χ0) is 22.1. The average Bonchev–Trinajstić information content (AvgIpc) is 3.04. The SMILES string of the molecule is C=C1/C(=C\C=C2/CCC[C@]3(C)[C@@H]([C@H](C)CC[C@@H](O)C(C)C)CC[C@@H]23)C[C@@H](O)CC1O. The van der Waals surface area contributed by atoms with E-state index in [0.717, 1.165) is 36.3 Å². The summed E-state index contributed by atoms with van der Waals surface area (Å²) < 4.78 is 0. The molecule has 1 unspecified atom stereocenters. The molecule has 3 rings (SSSR count). The number of aliphatic hydroxyl groups is 3. The van der Waals surface area contributed by atoms with E-state index in [-0.39, 0.29) is 6.10 Å². The van der Waals surface area contributed by atoms with Crippen LogP contribution < -0.4 is 0 Å². The van der Waals surface area contributed by atoms with Crippen LogP contribution >= 0.6 is 0 Å². The van der Waals surface area contributed by atoms with Crippen LogP contribution in [0.2, 0.25) is 0 Å². The molecule has 3 nitrogen and oxygen atoms in total. The van der Waals surface area contributed by atoms with Crippen LogP contribution in [0.5, 0.6) is 0 Å². The second-order valence-electron chi connectivity index (χ2n) is 11.0. The van der Waals surface area contributed by atoms with E-state index in [9.17, 15) is 15.3 Å². The van der Waals surface area contributed by atoms with Gasteiger partial charge in [0.05, 0.1) is 18.3 Å². The third kappa shape index (κ3) is 4.95. The van der Waals surface area contributed by atoms with Crippen molar-refractivity contribution in [3.8, 4) is 0 Å². The van der Waals surface area contributed by atoms with Crippen LogP contribution in [-0.2, 0) is 0 Å². The number of hydrogen-bond donors (Lipinski definition) is 3. The van der Waals surface area contributed by atoms with Gasteiger partial charge < -0.3 is 15.3 Å². The fourth-order valence-electron chi connectivity index (χ4n) is 6.65. The third-order valence-corrected chi connectivity index (χ3v) is 8.68. The highest BCUT2D eigenvalue weighted by Gasteiger charge is 2.50. The van der Waals surface area contributed by atoms with E-state index in [1.54, 1.807) is 5.57 Å². The minimum absolute atomic E-state index is 0.180. The Morgan fingerprint density at radius 1 is 1.13 bits per heavy atom. The molecule has 30 heavy (non-hydrogen) atoms. The summed E-state index contributed by atoms with van der Waals surface area (Å²) in [6, 6.07) is 0. The highest BCUT2D eigenvalue weighted by Crippen LogP contribution is 2.60. The monoisotopic (exact) mass is 416 g/mol. The standard InChI is InChI=1S/C27H44O3/c1-17(2)25(29)13-8-18(3)23-11-12-24-20(7-6-14-27(23,24)5)9-10-21-15-22(28)16-26(30)19(21)4/h9-10,17-18,22-26,28-30H,4,6-8,11-16H2,1-3,5H3/b20-9+,21-10-/t18-,22-,23-,24+,25-,26?,27-/m1/s1. The second kappa shape index (κ2) is 9.71. The van der Waals surface area contributed by atoms with Crippen molar-refractivity contribution in [2.24, 2.45) is 29.1 Å². The van der Waals surface area contributed by atoms with Crippen LogP contribution in [0.15, 0.2) is 35.5 Å². The molecule has 0 aliphatic heterocycles. The minimum Gasteiger partial charge on any atom is -0.393 e. The van der Waals surface area contributed by atoms with Gasteiger partial charge in [0.1, 0.15) is 0 Å². The summed E-state index contributed by atoms with van der Waals surface area (Å²) in [5.74, 6) is 2.35. The molecule has 3 N–H and O–H groups in total. The predicted octanol–water partition coefficient (Wildman–Crippen LogP) is 5.56. The van der Waals surface area contributed by atoms with Crippen LogP contribution in [-0.4, -0.2) is 33.6 Å². The summed E-state index contributed by atoms with van der Waals surface area (Å²) in [5.41, 5.74) is 3.69. The smallest absolute Gasteiger partial charge is 0.0811 e. The van der Waals surface area contributed by atoms with Gasteiger partial charge in [0, 0.05) is 6.42 Å². The van der Waals surface area contributed by atoms with E-state index in [1.165, 1.54) is 25.7 Å². The molecule has 0 aromatic heterocycles. The molecule has 0 spiro atoms. The Labute approximate surface area is 184 Å². The highest BCUT2D eigenvalue weighted by molar-refractivity contribution is 5.38. The molecule has 0 aromatic rings. The van der Waals surface area contributed by atoms with Crippen molar-refractivity contribution in [1.29, 1.82) is 0 Å². The summed E-state index contributed by atoms with van der Waals surface area (Å²) in [6.07, 6.45) is 12.4. The van der Waals surface area contributed by atoms with Gasteiger partial charge in [-0.05, 0) is 91.6 Å². The van der Waals surface area contributed by atoms with Crippen molar-refractivity contribution in [1.82, 2.24) is 0 Å². The maximum atomic E-state index is 10.3. The summed E-state index contributed by atoms with van der Waals surface area (Å²) in [5, 5.41) is 30.4.